The third-order valence-corrected chi connectivity index (χ3v) is 21.7. The largest absolute Gasteiger partial charge is 0.493 e. The molecule has 0 aromatic heterocycles. The zero-order chi connectivity index (χ0) is 68.9. The van der Waals surface area contributed by atoms with Crippen molar-refractivity contribution in [2.24, 2.45) is 23.7 Å². The van der Waals surface area contributed by atoms with E-state index in [0.29, 0.717) is 12.8 Å². The van der Waals surface area contributed by atoms with Gasteiger partial charge in [0.25, 0.3) is 10.0 Å². The Morgan fingerprint density at radius 2 is 1.48 bits per heavy atom. The maximum Gasteiger partial charge on any atom is 0.343 e. The molecule has 0 saturated carbocycles. The number of cyclic esters (lactones) is 1. The number of urea groups is 1. The first-order valence-corrected chi connectivity index (χ1v) is 34.7. The number of esters is 1. The molecule has 526 valence electrons. The summed E-state index contributed by atoms with van der Waals surface area (Å²) in [5, 5.41) is 69.4. The minimum Gasteiger partial charge on any atom is -0.493 e. The zero-order valence-electron chi connectivity index (χ0n) is 57.6. The van der Waals surface area contributed by atoms with Gasteiger partial charge in [-0.3, -0.25) is 15.0 Å². The number of aliphatic hydroxyl groups excluding tert-OH is 4. The van der Waals surface area contributed by atoms with Crippen LogP contribution in [0.4, 0.5) is 4.79 Å². The van der Waals surface area contributed by atoms with Crippen molar-refractivity contribution >= 4 is 27.8 Å². The van der Waals surface area contributed by atoms with Gasteiger partial charge in [0.05, 0.1) is 71.2 Å². The number of sulfonamides is 1. The van der Waals surface area contributed by atoms with Crippen LogP contribution in [0.15, 0.2) is 53.4 Å². The number of hydrazine groups is 1. The molecule has 8 N–H and O–H groups in total. The van der Waals surface area contributed by atoms with Crippen molar-refractivity contribution in [1.82, 2.24) is 25.0 Å². The molecular weight excluding hydrogens is 1220 g/mol. The number of methoxy groups -OCH3 is 2. The van der Waals surface area contributed by atoms with Crippen molar-refractivity contribution in [3.63, 3.8) is 0 Å². The highest BCUT2D eigenvalue weighted by atomic mass is 32.2. The lowest BCUT2D eigenvalue weighted by molar-refractivity contribution is -0.318. The van der Waals surface area contributed by atoms with Crippen molar-refractivity contribution in [2.45, 2.75) is 254 Å². The minimum absolute atomic E-state index is 0.00838. The summed E-state index contributed by atoms with van der Waals surface area (Å²) < 4.78 is 75.0. The second-order valence-electron chi connectivity index (χ2n) is 28.2. The SMILES string of the molecule is CC[C@H]1OC(=O)[C@H](C)[C@@H](O[C@H]2C[C@@](C)(OC)[C@@H](O)[C@H](C)O2)[C@H](C)[C@@H](O[C@@H]2O[C@H](C)C[C@H](N(C)C)[C@H]2O)[C@](C)(O)C[C@@H](C)C(=O)[C@H](C)[C@@H](O)[C@]1(C)O.COc1ccc2c3c1O[C@H]1C[C@@H](O)C=C[C@@]31CCN(C)C2.Cc1ccc(S(=O)(=O)NC(=O)NN2CCCCCC2)cc1. The van der Waals surface area contributed by atoms with E-state index in [4.69, 9.17) is 37.9 Å². The van der Waals surface area contributed by atoms with Crippen LogP contribution in [0.3, 0.4) is 0 Å². The van der Waals surface area contributed by atoms with Gasteiger partial charge in [0.15, 0.2) is 24.1 Å². The lowest BCUT2D eigenvalue weighted by Gasteiger charge is -2.49. The van der Waals surface area contributed by atoms with Crippen molar-refractivity contribution < 1.29 is 91.3 Å². The Labute approximate surface area is 550 Å². The van der Waals surface area contributed by atoms with Gasteiger partial charge in [-0.05, 0) is 138 Å². The lowest BCUT2D eigenvalue weighted by Crippen LogP contribution is -2.61. The Morgan fingerprint density at radius 3 is 2.10 bits per heavy atom. The molecule has 7 aliphatic rings. The fourth-order valence-electron chi connectivity index (χ4n) is 14.7. The number of hydrogen-bond acceptors (Lipinski definition) is 22. The van der Waals surface area contributed by atoms with E-state index < -0.39 is 130 Å². The van der Waals surface area contributed by atoms with Crippen LogP contribution in [0.2, 0.25) is 0 Å². The van der Waals surface area contributed by atoms with Gasteiger partial charge in [-0.15, -0.1) is 0 Å². The van der Waals surface area contributed by atoms with E-state index in [1.165, 1.54) is 51.1 Å². The number of hydrogen-bond donors (Lipinski definition) is 8. The predicted molar refractivity (Wildman–Crippen MR) is 346 cm³/mol. The number of benzene rings is 2. The molecule has 2 aromatic rings. The number of carbonyl (C=O) groups is 3. The number of ether oxygens (including phenoxy) is 8. The summed E-state index contributed by atoms with van der Waals surface area (Å²) in [7, 11) is 5.19. The van der Waals surface area contributed by atoms with E-state index in [1.54, 1.807) is 65.8 Å². The summed E-state index contributed by atoms with van der Waals surface area (Å²) in [6.45, 7) is 21.7. The molecule has 6 aliphatic heterocycles. The summed E-state index contributed by atoms with van der Waals surface area (Å²) >= 11 is 0. The van der Waals surface area contributed by atoms with Crippen LogP contribution in [-0.4, -0.2) is 223 Å². The molecule has 93 heavy (non-hydrogen) atoms. The second kappa shape index (κ2) is 31.4. The summed E-state index contributed by atoms with van der Waals surface area (Å²) in [4.78, 5) is 44.0. The first-order valence-electron chi connectivity index (χ1n) is 33.2. The Hall–Kier alpha value is -4.42. The molecule has 4 saturated heterocycles. The highest BCUT2D eigenvalue weighted by Gasteiger charge is 2.55. The second-order valence-corrected chi connectivity index (χ2v) is 29.8. The molecule has 0 radical (unpaired) electrons. The van der Waals surface area contributed by atoms with Crippen molar-refractivity contribution in [1.29, 1.82) is 0 Å². The van der Waals surface area contributed by atoms with E-state index in [-0.39, 0.29) is 47.8 Å². The van der Waals surface area contributed by atoms with Crippen LogP contribution in [0.25, 0.3) is 0 Å². The van der Waals surface area contributed by atoms with Gasteiger partial charge >= 0.3 is 12.0 Å². The summed E-state index contributed by atoms with van der Waals surface area (Å²) in [5.74, 6) is -3.29. The molecule has 6 heterocycles. The van der Waals surface area contributed by atoms with Gasteiger partial charge < -0.3 is 78.3 Å². The fraction of sp³-hybridized carbons (Fsp3) is 0.750. The maximum atomic E-state index is 14.1. The van der Waals surface area contributed by atoms with Crippen LogP contribution in [0.5, 0.6) is 11.5 Å². The Morgan fingerprint density at radius 1 is 0.828 bits per heavy atom. The molecule has 25 heteroatoms. The van der Waals surface area contributed by atoms with Gasteiger partial charge in [0.1, 0.15) is 35.8 Å². The van der Waals surface area contributed by atoms with Crippen LogP contribution in [-0.2, 0) is 60.0 Å². The number of nitrogens with zero attached hydrogens (tertiary/aromatic N) is 3. The standard InChI is InChI=1S/C37H67NO13.C17H21NO3.C14H21N3O3S/c1-14-25-37(10,45)30(41)20(4)27(39)18(2)16-35(8,44)32(51-34-28(40)24(38(11)12)15-19(3)47-34)21(5)29(22(6)33(43)49-25)50-26-17-36(9,46-13)31(42)23(7)48-26;1-18-8-7-17-6-5-12(19)9-14(17)21-16-13(20-2)4-3-11(10-18)15(16)17;1-12-6-8-13(9-7-12)21(19,20)16-14(18)15-17-10-4-2-3-5-11-17/h18-26,28-32,34,40-42,44-45H,14-17H2,1-13H3;3-6,12,14,19H,7-10H2,1-2H3;6-9H,2-5,10-11H2,1H3,(H2,15,16,18)/t18-,19-,20+,21+,22-,23+,24+,25-,26+,28-,29+,30-,31+,32-,34+,35-,36-,37-;12-,14-,17-;/m10./s1. The van der Waals surface area contributed by atoms with Crippen LogP contribution in [0, 0.1) is 30.6 Å². The molecule has 9 rings (SSSR count). The minimum atomic E-state index is -3.82. The molecule has 4 fully saturated rings. The summed E-state index contributed by atoms with van der Waals surface area (Å²) in [6, 6.07) is 9.48. The predicted octanol–water partition coefficient (Wildman–Crippen LogP) is 5.41. The van der Waals surface area contributed by atoms with Gasteiger partial charge in [-0.25, -0.2) is 22.9 Å². The van der Waals surface area contributed by atoms with Crippen LogP contribution < -0.4 is 19.6 Å². The maximum absolute atomic E-state index is 14.1. The number of Topliss-reactive ketones (excluding diaryl/α,β-unsaturated/α-hetero) is 1. The van der Waals surface area contributed by atoms with Crippen LogP contribution >= 0.6 is 0 Å². The van der Waals surface area contributed by atoms with E-state index in [0.717, 1.165) is 75.3 Å². The Kier molecular flexibility index (Phi) is 25.7. The fourth-order valence-corrected chi connectivity index (χ4v) is 15.6. The number of rotatable bonds is 11. The third-order valence-electron chi connectivity index (χ3n) is 20.4. The number of ketones is 1. The zero-order valence-corrected chi connectivity index (χ0v) is 58.4. The number of carbonyl (C=O) groups excluding carboxylic acids is 3. The first kappa shape index (κ1) is 76.0. The van der Waals surface area contributed by atoms with E-state index >= 15 is 0 Å². The molecule has 2 aromatic carbocycles. The van der Waals surface area contributed by atoms with E-state index in [9.17, 15) is 53.4 Å². The number of amides is 2. The topological polar surface area (TPSA) is 314 Å². The molecule has 0 bridgehead atoms. The van der Waals surface area contributed by atoms with Gasteiger partial charge in [-0.1, -0.05) is 76.5 Å². The van der Waals surface area contributed by atoms with Crippen molar-refractivity contribution in [3.8, 4) is 11.5 Å². The van der Waals surface area contributed by atoms with Gasteiger partial charge in [-0.2, -0.15) is 0 Å². The first-order chi connectivity index (χ1) is 43.5. The molecule has 0 unspecified atom stereocenters. The monoisotopic (exact) mass is 1330 g/mol. The quantitative estimate of drug-likeness (QED) is 0.103. The number of aliphatic hydroxyl groups is 6. The Balaban J connectivity index is 0.000000235. The highest BCUT2D eigenvalue weighted by Crippen LogP contribution is 2.56. The van der Waals surface area contributed by atoms with E-state index in [1.807, 2.05) is 49.7 Å². The Bertz CT molecular complexity index is 2960. The number of likely N-dealkylation sites (N-methyl/N-ethyl adjacent to an activating group) is 1. The molecule has 1 spiro atoms. The smallest absolute Gasteiger partial charge is 0.343 e. The summed E-state index contributed by atoms with van der Waals surface area (Å²) in [5.41, 5.74) is 1.21. The average molecular weight is 1330 g/mol. The van der Waals surface area contributed by atoms with Crippen LogP contribution in [0.1, 0.15) is 150 Å². The average Bonchev–Trinajstić information content (AvgIpc) is 1.57. The van der Waals surface area contributed by atoms with Gasteiger partial charge in [0, 0.05) is 68.9 Å². The number of aryl methyl sites for hydroxylation is 1. The van der Waals surface area contributed by atoms with Crippen molar-refractivity contribution in [2.75, 3.05) is 55.0 Å². The van der Waals surface area contributed by atoms with Gasteiger partial charge in [0.2, 0.25) is 0 Å². The van der Waals surface area contributed by atoms with E-state index in [2.05, 4.69) is 29.5 Å². The van der Waals surface area contributed by atoms with Crippen molar-refractivity contribution in [3.05, 3.63) is 65.2 Å². The molecule has 24 nitrogen and oxygen atoms in total. The molecule has 2 amide bonds. The number of nitrogens with one attached hydrogen (secondary N) is 2. The normalized spacial score (nSPS) is 38.8. The molecule has 21 atom stereocenters. The molecule has 1 aliphatic carbocycles. The third kappa shape index (κ3) is 17.5. The highest BCUT2D eigenvalue weighted by molar-refractivity contribution is 7.90. The molecular formula is C68H109N5O19S. The summed E-state index contributed by atoms with van der Waals surface area (Å²) in [6.07, 6.45) is -0.0373. The lowest BCUT2D eigenvalue weighted by atomic mass is 9.69.